The predicted molar refractivity (Wildman–Crippen MR) is 61.1 cm³/mol. The number of carboxylic acid groups (broad SMARTS) is 1. The minimum Gasteiger partial charge on any atom is -0.497 e. The molecule has 16 heavy (non-hydrogen) atoms. The number of carboxylic acids is 1. The normalized spacial score (nSPS) is 18.4. The highest BCUT2D eigenvalue weighted by atomic mass is 16.5. The fraction of sp³-hybridized carbons (Fsp3) is 0.417. The largest absolute Gasteiger partial charge is 0.497 e. The molecule has 0 fully saturated rings. The van der Waals surface area contributed by atoms with Crippen molar-refractivity contribution in [2.45, 2.75) is 18.9 Å². The quantitative estimate of drug-likeness (QED) is 0.841. The Morgan fingerprint density at radius 3 is 3.00 bits per heavy atom. The van der Waals surface area contributed by atoms with Crippen molar-refractivity contribution in [3.8, 4) is 5.75 Å². The molecule has 1 atom stereocenters. The van der Waals surface area contributed by atoms with E-state index in [0.717, 1.165) is 23.4 Å². The van der Waals surface area contributed by atoms with Crippen LogP contribution in [0.1, 0.15) is 12.0 Å². The highest BCUT2D eigenvalue weighted by Crippen LogP contribution is 2.34. The van der Waals surface area contributed by atoms with Gasteiger partial charge in [-0.05, 0) is 30.2 Å². The maximum Gasteiger partial charge on any atom is 0.305 e. The molecule has 0 aliphatic carbocycles. The molecule has 2 rings (SSSR count). The zero-order chi connectivity index (χ0) is 11.7. The molecule has 0 saturated heterocycles. The van der Waals surface area contributed by atoms with Gasteiger partial charge in [0.25, 0.3) is 0 Å². The van der Waals surface area contributed by atoms with Gasteiger partial charge in [0.2, 0.25) is 0 Å². The summed E-state index contributed by atoms with van der Waals surface area (Å²) in [5.74, 6) is 0.0692. The minimum atomic E-state index is -0.753. The molecule has 4 heteroatoms. The molecule has 1 unspecified atom stereocenters. The highest BCUT2D eigenvalue weighted by molar-refractivity contribution is 5.70. The number of anilines is 1. The summed E-state index contributed by atoms with van der Waals surface area (Å²) in [4.78, 5) is 12.8. The third-order valence-electron chi connectivity index (χ3n) is 3.08. The standard InChI is InChI=1S/C12H15NO3/c1-13-9(7-12(14)15)5-8-6-10(16-2)3-4-11(8)13/h3-4,6,9H,5,7H2,1-2H3,(H,14,15). The van der Waals surface area contributed by atoms with Crippen LogP contribution in [-0.2, 0) is 11.2 Å². The van der Waals surface area contributed by atoms with Gasteiger partial charge in [0, 0.05) is 18.8 Å². The molecule has 4 nitrogen and oxygen atoms in total. The van der Waals surface area contributed by atoms with Crippen molar-refractivity contribution in [2.75, 3.05) is 19.1 Å². The summed E-state index contributed by atoms with van der Waals surface area (Å²) in [5.41, 5.74) is 2.26. The topological polar surface area (TPSA) is 49.8 Å². The number of hydrogen-bond donors (Lipinski definition) is 1. The van der Waals surface area contributed by atoms with Crippen molar-refractivity contribution in [1.82, 2.24) is 0 Å². The van der Waals surface area contributed by atoms with E-state index in [-0.39, 0.29) is 12.5 Å². The third kappa shape index (κ3) is 1.83. The van der Waals surface area contributed by atoms with Crippen molar-refractivity contribution in [1.29, 1.82) is 0 Å². The highest BCUT2D eigenvalue weighted by Gasteiger charge is 2.28. The molecule has 1 aliphatic heterocycles. The summed E-state index contributed by atoms with van der Waals surface area (Å²) in [7, 11) is 3.57. The smallest absolute Gasteiger partial charge is 0.305 e. The minimum absolute atomic E-state index is 0.0552. The first kappa shape index (κ1) is 10.8. The van der Waals surface area contributed by atoms with E-state index in [1.165, 1.54) is 0 Å². The van der Waals surface area contributed by atoms with Crippen LogP contribution in [-0.4, -0.2) is 31.3 Å². The summed E-state index contributed by atoms with van der Waals surface area (Å²) < 4.78 is 5.16. The molecule has 86 valence electrons. The van der Waals surface area contributed by atoms with E-state index in [1.54, 1.807) is 7.11 Å². The fourth-order valence-corrected chi connectivity index (χ4v) is 2.19. The van der Waals surface area contributed by atoms with Crippen molar-refractivity contribution in [3.63, 3.8) is 0 Å². The van der Waals surface area contributed by atoms with E-state index in [0.29, 0.717) is 0 Å². The number of rotatable bonds is 3. The Hall–Kier alpha value is -1.71. The molecule has 1 N–H and O–H groups in total. The number of hydrogen-bond acceptors (Lipinski definition) is 3. The zero-order valence-corrected chi connectivity index (χ0v) is 9.43. The van der Waals surface area contributed by atoms with E-state index in [4.69, 9.17) is 9.84 Å². The van der Waals surface area contributed by atoms with Gasteiger partial charge in [-0.15, -0.1) is 0 Å². The van der Waals surface area contributed by atoms with Gasteiger partial charge < -0.3 is 14.7 Å². The van der Waals surface area contributed by atoms with Crippen LogP contribution in [0.25, 0.3) is 0 Å². The number of ether oxygens (including phenoxy) is 1. The van der Waals surface area contributed by atoms with Gasteiger partial charge in [0.05, 0.1) is 13.5 Å². The van der Waals surface area contributed by atoms with Crippen LogP contribution in [0.15, 0.2) is 18.2 Å². The van der Waals surface area contributed by atoms with Crippen LogP contribution in [0.2, 0.25) is 0 Å². The number of likely N-dealkylation sites (N-methyl/N-ethyl adjacent to an activating group) is 1. The lowest BCUT2D eigenvalue weighted by Crippen LogP contribution is -2.30. The molecule has 0 saturated carbocycles. The van der Waals surface area contributed by atoms with Gasteiger partial charge in [0.1, 0.15) is 5.75 Å². The Morgan fingerprint density at radius 1 is 1.62 bits per heavy atom. The zero-order valence-electron chi connectivity index (χ0n) is 9.43. The number of aliphatic carboxylic acids is 1. The predicted octanol–water partition coefficient (Wildman–Crippen LogP) is 1.53. The molecular formula is C12H15NO3. The van der Waals surface area contributed by atoms with Gasteiger partial charge in [-0.25, -0.2) is 0 Å². The van der Waals surface area contributed by atoms with Crippen molar-refractivity contribution in [3.05, 3.63) is 23.8 Å². The number of benzene rings is 1. The SMILES string of the molecule is COc1ccc2c(c1)CC(CC(=O)O)N2C. The van der Waals surface area contributed by atoms with Gasteiger partial charge in [-0.3, -0.25) is 4.79 Å². The molecule has 1 aromatic rings. The molecular weight excluding hydrogens is 206 g/mol. The molecule has 0 spiro atoms. The summed E-state index contributed by atoms with van der Waals surface area (Å²) >= 11 is 0. The van der Waals surface area contributed by atoms with Crippen molar-refractivity contribution in [2.24, 2.45) is 0 Å². The second kappa shape index (κ2) is 4.04. The first-order chi connectivity index (χ1) is 7.61. The van der Waals surface area contributed by atoms with Crippen molar-refractivity contribution >= 4 is 11.7 Å². The molecule has 0 bridgehead atoms. The first-order valence-electron chi connectivity index (χ1n) is 5.23. The van der Waals surface area contributed by atoms with Crippen LogP contribution in [0.5, 0.6) is 5.75 Å². The number of fused-ring (bicyclic) bond motifs is 1. The van der Waals surface area contributed by atoms with Gasteiger partial charge in [-0.1, -0.05) is 0 Å². The summed E-state index contributed by atoms with van der Waals surface area (Å²) in [5, 5.41) is 8.82. The lowest BCUT2D eigenvalue weighted by atomic mass is 10.1. The molecule has 1 heterocycles. The van der Waals surface area contributed by atoms with Crippen LogP contribution in [0.4, 0.5) is 5.69 Å². The maximum atomic E-state index is 10.7. The van der Waals surface area contributed by atoms with Gasteiger partial charge in [0.15, 0.2) is 0 Å². The fourth-order valence-electron chi connectivity index (χ4n) is 2.19. The maximum absolute atomic E-state index is 10.7. The Labute approximate surface area is 94.4 Å². The lowest BCUT2D eigenvalue weighted by molar-refractivity contribution is -0.137. The van der Waals surface area contributed by atoms with Gasteiger partial charge >= 0.3 is 5.97 Å². The molecule has 0 radical (unpaired) electrons. The second-order valence-corrected chi connectivity index (χ2v) is 4.06. The number of nitrogens with zero attached hydrogens (tertiary/aromatic N) is 1. The number of carbonyl (C=O) groups is 1. The second-order valence-electron chi connectivity index (χ2n) is 4.06. The lowest BCUT2D eigenvalue weighted by Gasteiger charge is -2.20. The Morgan fingerprint density at radius 2 is 2.38 bits per heavy atom. The third-order valence-corrected chi connectivity index (χ3v) is 3.08. The Balaban J connectivity index is 2.23. The first-order valence-corrected chi connectivity index (χ1v) is 5.23. The monoisotopic (exact) mass is 221 g/mol. The molecule has 1 aromatic carbocycles. The Bertz CT molecular complexity index is 417. The molecule has 0 aromatic heterocycles. The van der Waals surface area contributed by atoms with Crippen LogP contribution in [0, 0.1) is 0 Å². The average molecular weight is 221 g/mol. The van der Waals surface area contributed by atoms with Gasteiger partial charge in [-0.2, -0.15) is 0 Å². The van der Waals surface area contributed by atoms with Crippen molar-refractivity contribution < 1.29 is 14.6 Å². The average Bonchev–Trinajstić information content (AvgIpc) is 2.54. The summed E-state index contributed by atoms with van der Waals surface area (Å²) in [6, 6.07) is 5.92. The Kier molecular flexibility index (Phi) is 2.73. The van der Waals surface area contributed by atoms with E-state index < -0.39 is 5.97 Å². The molecule has 0 amide bonds. The number of methoxy groups -OCH3 is 1. The summed E-state index contributed by atoms with van der Waals surface area (Å²) in [6.07, 6.45) is 0.947. The molecule has 1 aliphatic rings. The summed E-state index contributed by atoms with van der Waals surface area (Å²) in [6.45, 7) is 0. The van der Waals surface area contributed by atoms with E-state index in [2.05, 4.69) is 0 Å². The van der Waals surface area contributed by atoms with Crippen LogP contribution in [0.3, 0.4) is 0 Å². The van der Waals surface area contributed by atoms with Crippen LogP contribution >= 0.6 is 0 Å². The van der Waals surface area contributed by atoms with E-state index in [1.807, 2.05) is 30.1 Å². The van der Waals surface area contributed by atoms with Crippen LogP contribution < -0.4 is 9.64 Å². The van der Waals surface area contributed by atoms with E-state index >= 15 is 0 Å². The van der Waals surface area contributed by atoms with E-state index in [9.17, 15) is 4.79 Å².